The van der Waals surface area contributed by atoms with E-state index >= 15 is 0 Å². The number of nitrogens with one attached hydrogen (secondary N) is 1. The summed E-state index contributed by atoms with van der Waals surface area (Å²) in [6.45, 7) is 2.01. The third-order valence-electron chi connectivity index (χ3n) is 5.67. The van der Waals surface area contributed by atoms with Gasteiger partial charge < -0.3 is 19.4 Å². The number of aryl methyl sites for hydroxylation is 2. The number of benzene rings is 3. The van der Waals surface area contributed by atoms with E-state index in [-0.39, 0.29) is 5.91 Å². The fraction of sp³-hybridized carbons (Fsp3) is 0.241. The van der Waals surface area contributed by atoms with E-state index in [1.807, 2.05) is 78.9 Å². The van der Waals surface area contributed by atoms with E-state index in [1.165, 1.54) is 0 Å². The molecule has 4 aromatic rings. The second-order valence-electron chi connectivity index (χ2n) is 8.19. The molecule has 0 aliphatic carbocycles. The van der Waals surface area contributed by atoms with Crippen LogP contribution in [0.5, 0.6) is 11.5 Å². The zero-order chi connectivity index (χ0) is 24.3. The minimum Gasteiger partial charge on any atom is -0.497 e. The van der Waals surface area contributed by atoms with Gasteiger partial charge in [0.15, 0.2) is 0 Å². The lowest BCUT2D eigenvalue weighted by Crippen LogP contribution is -2.22. The lowest BCUT2D eigenvalue weighted by molar-refractivity contribution is -0.116. The number of fused-ring (bicyclic) bond motifs is 1. The Kier molecular flexibility index (Phi) is 8.54. The Balaban J connectivity index is 1.29. The topological polar surface area (TPSA) is 65.4 Å². The highest BCUT2D eigenvalue weighted by Gasteiger charge is 2.10. The van der Waals surface area contributed by atoms with Crippen LogP contribution in [0.4, 0.5) is 0 Å². The van der Waals surface area contributed by atoms with Crippen LogP contribution in [0.2, 0.25) is 0 Å². The van der Waals surface area contributed by atoms with Crippen molar-refractivity contribution in [2.24, 2.45) is 0 Å². The van der Waals surface area contributed by atoms with E-state index < -0.39 is 0 Å². The van der Waals surface area contributed by atoms with Crippen LogP contribution in [0, 0.1) is 0 Å². The summed E-state index contributed by atoms with van der Waals surface area (Å²) in [6.07, 6.45) is 5.85. The smallest absolute Gasteiger partial charge is 0.243 e. The second kappa shape index (κ2) is 12.4. The van der Waals surface area contributed by atoms with E-state index in [0.29, 0.717) is 13.2 Å². The van der Waals surface area contributed by atoms with Crippen molar-refractivity contribution in [3.63, 3.8) is 0 Å². The highest BCUT2D eigenvalue weighted by Crippen LogP contribution is 2.20. The number of amides is 1. The average Bonchev–Trinajstić information content (AvgIpc) is 3.26. The number of carbonyl (C=O) groups is 1. The lowest BCUT2D eigenvalue weighted by Gasteiger charge is -2.11. The zero-order valence-electron chi connectivity index (χ0n) is 20.0. The maximum Gasteiger partial charge on any atom is 0.243 e. The van der Waals surface area contributed by atoms with Gasteiger partial charge in [-0.3, -0.25) is 4.79 Å². The van der Waals surface area contributed by atoms with Crippen molar-refractivity contribution in [1.82, 2.24) is 14.9 Å². The van der Waals surface area contributed by atoms with Crippen LogP contribution in [0.3, 0.4) is 0 Å². The summed E-state index contributed by atoms with van der Waals surface area (Å²) in [5, 5.41) is 2.96. The van der Waals surface area contributed by atoms with Gasteiger partial charge in [-0.05, 0) is 48.7 Å². The molecule has 0 spiro atoms. The molecule has 0 fully saturated rings. The molecule has 0 saturated carbocycles. The van der Waals surface area contributed by atoms with Crippen LogP contribution in [0.15, 0.2) is 84.9 Å². The Hall–Kier alpha value is -4.06. The van der Waals surface area contributed by atoms with Crippen molar-refractivity contribution in [1.29, 1.82) is 0 Å². The molecule has 0 unspecified atom stereocenters. The first kappa shape index (κ1) is 24.1. The number of imidazole rings is 1. The summed E-state index contributed by atoms with van der Waals surface area (Å²) in [7, 11) is 1.65. The van der Waals surface area contributed by atoms with E-state index in [2.05, 4.69) is 16.0 Å². The van der Waals surface area contributed by atoms with Crippen LogP contribution >= 0.6 is 0 Å². The summed E-state index contributed by atoms with van der Waals surface area (Å²) in [4.78, 5) is 17.0. The Morgan fingerprint density at radius 3 is 2.63 bits per heavy atom. The number of nitrogens with zero attached hydrogens (tertiary/aromatic N) is 2. The van der Waals surface area contributed by atoms with E-state index in [1.54, 1.807) is 13.2 Å². The number of rotatable bonds is 12. The van der Waals surface area contributed by atoms with Gasteiger partial charge in [0.05, 0.1) is 24.8 Å². The normalized spacial score (nSPS) is 11.1. The number of aromatic nitrogens is 2. The van der Waals surface area contributed by atoms with Gasteiger partial charge in [-0.15, -0.1) is 0 Å². The molecule has 0 radical (unpaired) electrons. The van der Waals surface area contributed by atoms with Crippen LogP contribution in [-0.4, -0.2) is 35.7 Å². The van der Waals surface area contributed by atoms with E-state index in [0.717, 1.165) is 59.7 Å². The van der Waals surface area contributed by atoms with Crippen molar-refractivity contribution in [3.05, 3.63) is 96.3 Å². The first-order valence-corrected chi connectivity index (χ1v) is 11.9. The summed E-state index contributed by atoms with van der Waals surface area (Å²) in [6, 6.07) is 25.6. The molecular weight excluding hydrogens is 438 g/mol. The van der Waals surface area contributed by atoms with Gasteiger partial charge >= 0.3 is 0 Å². The molecule has 35 heavy (non-hydrogen) atoms. The molecule has 1 N–H and O–H groups in total. The SMILES string of the molecule is COc1cccc(OCCCn2c(CCCNC(=O)/C=C\c3ccccc3)nc3ccccc32)c1. The molecule has 180 valence electrons. The minimum atomic E-state index is -0.0861. The number of hydrogen-bond acceptors (Lipinski definition) is 4. The van der Waals surface area contributed by atoms with Crippen molar-refractivity contribution in [2.45, 2.75) is 25.8 Å². The maximum atomic E-state index is 12.1. The molecule has 1 aromatic heterocycles. The fourth-order valence-corrected chi connectivity index (χ4v) is 3.92. The van der Waals surface area contributed by atoms with Gasteiger partial charge in [-0.1, -0.05) is 48.5 Å². The lowest BCUT2D eigenvalue weighted by atomic mass is 10.2. The molecule has 3 aromatic carbocycles. The van der Waals surface area contributed by atoms with Crippen LogP contribution in [0.25, 0.3) is 17.1 Å². The monoisotopic (exact) mass is 469 g/mol. The summed E-state index contributed by atoms with van der Waals surface area (Å²) >= 11 is 0. The third-order valence-corrected chi connectivity index (χ3v) is 5.67. The first-order chi connectivity index (χ1) is 17.2. The van der Waals surface area contributed by atoms with Crippen molar-refractivity contribution < 1.29 is 14.3 Å². The second-order valence-corrected chi connectivity index (χ2v) is 8.19. The Bertz CT molecular complexity index is 1260. The summed E-state index contributed by atoms with van der Waals surface area (Å²) < 4.78 is 13.4. The number of ether oxygens (including phenoxy) is 2. The maximum absolute atomic E-state index is 12.1. The van der Waals surface area contributed by atoms with Crippen molar-refractivity contribution >= 4 is 23.0 Å². The highest BCUT2D eigenvalue weighted by molar-refractivity contribution is 5.91. The molecule has 0 aliphatic rings. The molecule has 1 heterocycles. The van der Waals surface area contributed by atoms with Gasteiger partial charge in [0.2, 0.25) is 5.91 Å². The van der Waals surface area contributed by atoms with Crippen LogP contribution < -0.4 is 14.8 Å². The van der Waals surface area contributed by atoms with Crippen molar-refractivity contribution in [2.75, 3.05) is 20.3 Å². The summed E-state index contributed by atoms with van der Waals surface area (Å²) in [5.41, 5.74) is 3.12. The predicted molar refractivity (Wildman–Crippen MR) is 140 cm³/mol. The molecule has 0 aliphatic heterocycles. The molecule has 0 bridgehead atoms. The number of hydrogen-bond donors (Lipinski definition) is 1. The first-order valence-electron chi connectivity index (χ1n) is 11.9. The fourth-order valence-electron chi connectivity index (χ4n) is 3.92. The molecule has 1 amide bonds. The molecule has 0 atom stereocenters. The van der Waals surface area contributed by atoms with Gasteiger partial charge in [-0.2, -0.15) is 0 Å². The van der Waals surface area contributed by atoms with Gasteiger partial charge in [0.1, 0.15) is 17.3 Å². The average molecular weight is 470 g/mol. The van der Waals surface area contributed by atoms with Gasteiger partial charge in [-0.25, -0.2) is 4.98 Å². The minimum absolute atomic E-state index is 0.0861. The number of para-hydroxylation sites is 2. The zero-order valence-corrected chi connectivity index (χ0v) is 20.0. The third kappa shape index (κ3) is 6.96. The number of methoxy groups -OCH3 is 1. The highest BCUT2D eigenvalue weighted by atomic mass is 16.5. The molecule has 0 saturated heterocycles. The molecular formula is C29H31N3O3. The largest absolute Gasteiger partial charge is 0.497 e. The van der Waals surface area contributed by atoms with Crippen LogP contribution in [0.1, 0.15) is 24.2 Å². The van der Waals surface area contributed by atoms with Gasteiger partial charge in [0, 0.05) is 31.7 Å². The standard InChI is InChI=1S/C29H31N3O3/c1-34-24-12-7-13-25(22-24)35-21-9-20-32-27-15-6-5-14-26(27)31-28(32)16-8-19-30-29(33)18-17-23-10-3-2-4-11-23/h2-7,10-15,17-18,22H,8-9,16,19-21H2,1H3,(H,30,33)/b18-17-. The Morgan fingerprint density at radius 2 is 1.77 bits per heavy atom. The Labute approximate surface area is 206 Å². The van der Waals surface area contributed by atoms with E-state index in [4.69, 9.17) is 14.5 Å². The molecule has 6 nitrogen and oxygen atoms in total. The predicted octanol–water partition coefficient (Wildman–Crippen LogP) is 5.28. The van der Waals surface area contributed by atoms with Crippen LogP contribution in [-0.2, 0) is 17.8 Å². The van der Waals surface area contributed by atoms with Crippen molar-refractivity contribution in [3.8, 4) is 11.5 Å². The molecule has 6 heteroatoms. The molecule has 4 rings (SSSR count). The van der Waals surface area contributed by atoms with Gasteiger partial charge in [0.25, 0.3) is 0 Å². The quantitative estimate of drug-likeness (QED) is 0.227. The summed E-state index contributed by atoms with van der Waals surface area (Å²) in [5.74, 6) is 2.53. The van der Waals surface area contributed by atoms with E-state index in [9.17, 15) is 4.79 Å². The Morgan fingerprint density at radius 1 is 0.971 bits per heavy atom. The number of carbonyl (C=O) groups excluding carboxylic acids is 1.